The summed E-state index contributed by atoms with van der Waals surface area (Å²) in [6, 6.07) is 0. The predicted molar refractivity (Wildman–Crippen MR) is 71.7 cm³/mol. The molecule has 3 nitrogen and oxygen atoms in total. The van der Waals surface area contributed by atoms with E-state index in [0.717, 1.165) is 31.2 Å². The van der Waals surface area contributed by atoms with Crippen LogP contribution in [-0.2, 0) is 4.74 Å². The van der Waals surface area contributed by atoms with Gasteiger partial charge in [0.25, 0.3) is 0 Å². The highest BCUT2D eigenvalue weighted by atomic mass is 32.1. The molecule has 0 bridgehead atoms. The molecule has 1 saturated carbocycles. The Bertz CT molecular complexity index is 212. The summed E-state index contributed by atoms with van der Waals surface area (Å²) in [4.78, 5) is 0. The van der Waals surface area contributed by atoms with E-state index in [1.54, 1.807) is 7.11 Å². The van der Waals surface area contributed by atoms with E-state index in [4.69, 9.17) is 17.0 Å². The van der Waals surface area contributed by atoms with E-state index >= 15 is 0 Å². The quantitative estimate of drug-likeness (QED) is 0.530. The van der Waals surface area contributed by atoms with E-state index in [2.05, 4.69) is 17.6 Å². The zero-order chi connectivity index (χ0) is 11.9. The van der Waals surface area contributed by atoms with Gasteiger partial charge in [-0.15, -0.1) is 0 Å². The molecule has 16 heavy (non-hydrogen) atoms. The number of rotatable bonds is 7. The van der Waals surface area contributed by atoms with Crippen molar-refractivity contribution in [3.8, 4) is 0 Å². The lowest BCUT2D eigenvalue weighted by atomic mass is 9.67. The molecule has 2 N–H and O–H groups in total. The molecule has 1 aliphatic rings. The molecule has 0 spiro atoms. The topological polar surface area (TPSA) is 33.3 Å². The van der Waals surface area contributed by atoms with Crippen LogP contribution in [0.15, 0.2) is 0 Å². The molecule has 0 radical (unpaired) electrons. The van der Waals surface area contributed by atoms with Crippen LogP contribution < -0.4 is 10.6 Å². The minimum absolute atomic E-state index is 0.526. The summed E-state index contributed by atoms with van der Waals surface area (Å²) in [5.41, 5.74) is 0.526. The molecular weight excluding hydrogens is 220 g/mol. The zero-order valence-corrected chi connectivity index (χ0v) is 11.3. The van der Waals surface area contributed by atoms with Gasteiger partial charge in [-0.2, -0.15) is 0 Å². The lowest BCUT2D eigenvalue weighted by Crippen LogP contribution is -2.45. The van der Waals surface area contributed by atoms with E-state index in [1.165, 1.54) is 25.7 Å². The normalized spacial score (nSPS) is 17.6. The molecule has 1 aliphatic carbocycles. The minimum atomic E-state index is 0.526. The van der Waals surface area contributed by atoms with Gasteiger partial charge in [-0.1, -0.05) is 13.3 Å². The smallest absolute Gasteiger partial charge is 0.166 e. The summed E-state index contributed by atoms with van der Waals surface area (Å²) in [5, 5.41) is 7.32. The lowest BCUT2D eigenvalue weighted by molar-refractivity contribution is 0.131. The van der Waals surface area contributed by atoms with Crippen molar-refractivity contribution in [2.75, 3.05) is 26.8 Å². The fourth-order valence-corrected chi connectivity index (χ4v) is 2.26. The average Bonchev–Trinajstić information content (AvgIpc) is 2.24. The Kier molecular flexibility index (Phi) is 6.06. The van der Waals surface area contributed by atoms with E-state index in [0.29, 0.717) is 5.41 Å². The molecule has 0 aromatic heterocycles. The molecule has 1 fully saturated rings. The van der Waals surface area contributed by atoms with E-state index < -0.39 is 0 Å². The maximum atomic E-state index is 5.23. The van der Waals surface area contributed by atoms with Gasteiger partial charge in [0.05, 0.1) is 0 Å². The van der Waals surface area contributed by atoms with Gasteiger partial charge in [0.15, 0.2) is 5.11 Å². The highest BCUT2D eigenvalue weighted by molar-refractivity contribution is 7.80. The third-order valence-corrected chi connectivity index (χ3v) is 3.89. The molecule has 4 heteroatoms. The molecule has 0 aromatic carbocycles. The van der Waals surface area contributed by atoms with Gasteiger partial charge in [0.2, 0.25) is 0 Å². The second kappa shape index (κ2) is 7.07. The molecular formula is C12H24N2OS. The third kappa shape index (κ3) is 4.26. The van der Waals surface area contributed by atoms with E-state index in [1.807, 2.05) is 0 Å². The Morgan fingerprint density at radius 2 is 2.12 bits per heavy atom. The monoisotopic (exact) mass is 244 g/mol. The second-order valence-corrected chi connectivity index (χ2v) is 5.07. The Balaban J connectivity index is 2.05. The van der Waals surface area contributed by atoms with Crippen molar-refractivity contribution in [2.24, 2.45) is 5.41 Å². The Labute approximate surface area is 104 Å². The zero-order valence-electron chi connectivity index (χ0n) is 10.5. The fourth-order valence-electron chi connectivity index (χ4n) is 2.08. The number of ether oxygens (including phenoxy) is 1. The summed E-state index contributed by atoms with van der Waals surface area (Å²) in [6.07, 6.45) is 6.33. The highest BCUT2D eigenvalue weighted by Crippen LogP contribution is 2.42. The van der Waals surface area contributed by atoms with Crippen molar-refractivity contribution < 1.29 is 4.74 Å². The fraction of sp³-hybridized carbons (Fsp3) is 0.917. The van der Waals surface area contributed by atoms with Crippen LogP contribution in [0.4, 0.5) is 0 Å². The minimum Gasteiger partial charge on any atom is -0.385 e. The van der Waals surface area contributed by atoms with Crippen molar-refractivity contribution in [2.45, 2.75) is 39.0 Å². The number of thiocarbonyl (C=S) groups is 1. The number of nitrogens with one attached hydrogen (secondary N) is 2. The van der Waals surface area contributed by atoms with Crippen LogP contribution in [-0.4, -0.2) is 31.9 Å². The summed E-state index contributed by atoms with van der Waals surface area (Å²) in [7, 11) is 1.72. The summed E-state index contributed by atoms with van der Waals surface area (Å²) < 4.78 is 4.98. The number of hydrogen-bond donors (Lipinski definition) is 2. The molecule has 0 amide bonds. The molecule has 0 aliphatic heterocycles. The molecule has 94 valence electrons. The average molecular weight is 244 g/mol. The Morgan fingerprint density at radius 1 is 1.38 bits per heavy atom. The van der Waals surface area contributed by atoms with Crippen LogP contribution in [0.3, 0.4) is 0 Å². The molecule has 0 aromatic rings. The van der Waals surface area contributed by atoms with Crippen molar-refractivity contribution >= 4 is 17.3 Å². The van der Waals surface area contributed by atoms with Crippen LogP contribution in [0.1, 0.15) is 39.0 Å². The molecule has 1 rings (SSSR count). The summed E-state index contributed by atoms with van der Waals surface area (Å²) >= 11 is 5.23. The van der Waals surface area contributed by atoms with Crippen molar-refractivity contribution in [1.82, 2.24) is 10.6 Å². The van der Waals surface area contributed by atoms with Gasteiger partial charge < -0.3 is 15.4 Å². The van der Waals surface area contributed by atoms with Gasteiger partial charge in [0.1, 0.15) is 0 Å². The maximum absolute atomic E-state index is 5.23. The Morgan fingerprint density at radius 3 is 2.62 bits per heavy atom. The first-order chi connectivity index (χ1) is 7.72. The molecule has 0 saturated heterocycles. The van der Waals surface area contributed by atoms with Crippen LogP contribution in [0.5, 0.6) is 0 Å². The van der Waals surface area contributed by atoms with Crippen molar-refractivity contribution in [1.29, 1.82) is 0 Å². The maximum Gasteiger partial charge on any atom is 0.166 e. The standard InChI is InChI=1S/C12H24N2OS/c1-3-12(6-4-7-12)10-14-11(16)13-8-5-9-15-2/h3-10H2,1-2H3,(H2,13,14,16). The van der Waals surface area contributed by atoms with Crippen molar-refractivity contribution in [3.05, 3.63) is 0 Å². The largest absolute Gasteiger partial charge is 0.385 e. The van der Waals surface area contributed by atoms with Gasteiger partial charge >= 0.3 is 0 Å². The van der Waals surface area contributed by atoms with Gasteiger partial charge in [-0.25, -0.2) is 0 Å². The first kappa shape index (κ1) is 13.7. The second-order valence-electron chi connectivity index (χ2n) is 4.66. The van der Waals surface area contributed by atoms with Gasteiger partial charge in [0, 0.05) is 26.8 Å². The molecule has 0 heterocycles. The third-order valence-electron chi connectivity index (χ3n) is 3.60. The first-order valence-corrected chi connectivity index (χ1v) is 6.64. The summed E-state index contributed by atoms with van der Waals surface area (Å²) in [5.74, 6) is 0. The lowest BCUT2D eigenvalue weighted by Gasteiger charge is -2.41. The van der Waals surface area contributed by atoms with E-state index in [-0.39, 0.29) is 0 Å². The molecule has 0 unspecified atom stereocenters. The van der Waals surface area contributed by atoms with Crippen LogP contribution in [0, 0.1) is 5.41 Å². The highest BCUT2D eigenvalue weighted by Gasteiger charge is 2.34. The van der Waals surface area contributed by atoms with Gasteiger partial charge in [-0.3, -0.25) is 0 Å². The first-order valence-electron chi connectivity index (χ1n) is 6.23. The van der Waals surface area contributed by atoms with Crippen LogP contribution in [0.2, 0.25) is 0 Å². The van der Waals surface area contributed by atoms with Crippen LogP contribution in [0.25, 0.3) is 0 Å². The Hall–Kier alpha value is -0.350. The number of methoxy groups -OCH3 is 1. The number of hydrogen-bond acceptors (Lipinski definition) is 2. The van der Waals surface area contributed by atoms with Crippen LogP contribution >= 0.6 is 12.2 Å². The van der Waals surface area contributed by atoms with Crippen molar-refractivity contribution in [3.63, 3.8) is 0 Å². The van der Waals surface area contributed by atoms with E-state index in [9.17, 15) is 0 Å². The predicted octanol–water partition coefficient (Wildman–Crippen LogP) is 2.07. The molecule has 0 atom stereocenters. The SMILES string of the molecule is CCC1(CNC(=S)NCCCOC)CCC1. The van der Waals surface area contributed by atoms with Gasteiger partial charge in [-0.05, 0) is 43.3 Å². The summed E-state index contributed by atoms with van der Waals surface area (Å²) in [6.45, 7) is 4.98.